The van der Waals surface area contributed by atoms with Crippen LogP contribution in [0.1, 0.15) is 24.2 Å². The number of amides is 1. The van der Waals surface area contributed by atoms with Crippen LogP contribution in [0, 0.1) is 0 Å². The Morgan fingerprint density at radius 3 is 2.61 bits per heavy atom. The van der Waals surface area contributed by atoms with Crippen LogP contribution >= 0.6 is 12.2 Å². The lowest BCUT2D eigenvalue weighted by Crippen LogP contribution is -2.52. The molecule has 6 heteroatoms. The fourth-order valence-electron chi connectivity index (χ4n) is 1.24. The molecule has 0 atom stereocenters. The number of hydrogen-bond donors (Lipinski definition) is 3. The van der Waals surface area contributed by atoms with Gasteiger partial charge in [0.25, 0.3) is 5.91 Å². The lowest BCUT2D eigenvalue weighted by atomic mass is 10.0. The van der Waals surface area contributed by atoms with Crippen molar-refractivity contribution in [2.45, 2.75) is 19.4 Å². The smallest absolute Gasteiger partial charge is 0.255 e. The first-order valence-electron chi connectivity index (χ1n) is 5.27. The Kier molecular flexibility index (Phi) is 4.13. The molecule has 5 nitrogen and oxygen atoms in total. The summed E-state index contributed by atoms with van der Waals surface area (Å²) in [4.78, 5) is 12.2. The minimum atomic E-state index is -0.831. The summed E-state index contributed by atoms with van der Waals surface area (Å²) in [6.07, 6.45) is 0. The topological polar surface area (TPSA) is 84.6 Å². The highest BCUT2D eigenvalue weighted by molar-refractivity contribution is 7.80. The number of phenolic OH excluding ortho intramolecular Hbond substituents is 1. The van der Waals surface area contributed by atoms with Crippen molar-refractivity contribution in [3.63, 3.8) is 0 Å². The molecule has 0 fully saturated rings. The Balaban J connectivity index is 3.01. The van der Waals surface area contributed by atoms with Gasteiger partial charge in [-0.2, -0.15) is 0 Å². The van der Waals surface area contributed by atoms with Gasteiger partial charge in [-0.1, -0.05) is 12.2 Å². The van der Waals surface area contributed by atoms with Gasteiger partial charge >= 0.3 is 0 Å². The van der Waals surface area contributed by atoms with Crippen LogP contribution in [0.3, 0.4) is 0 Å². The number of hydrogen-bond acceptors (Lipinski definition) is 4. The summed E-state index contributed by atoms with van der Waals surface area (Å²) < 4.78 is 5.00. The van der Waals surface area contributed by atoms with Gasteiger partial charge in [-0.25, -0.2) is 0 Å². The van der Waals surface area contributed by atoms with E-state index in [0.29, 0.717) is 5.75 Å². The Bertz CT molecular complexity index is 486. The molecule has 0 saturated carbocycles. The van der Waals surface area contributed by atoms with Gasteiger partial charge in [0.15, 0.2) is 0 Å². The van der Waals surface area contributed by atoms with Gasteiger partial charge in [-0.05, 0) is 32.0 Å². The number of nitrogens with two attached hydrogens (primary N) is 1. The monoisotopic (exact) mass is 268 g/mol. The second-order valence-corrected chi connectivity index (χ2v) is 4.77. The van der Waals surface area contributed by atoms with E-state index in [-0.39, 0.29) is 16.3 Å². The lowest BCUT2D eigenvalue weighted by molar-refractivity contribution is 0.0929. The summed E-state index contributed by atoms with van der Waals surface area (Å²) in [6.45, 7) is 3.37. The molecule has 1 aromatic rings. The highest BCUT2D eigenvalue weighted by Gasteiger charge is 2.25. The van der Waals surface area contributed by atoms with E-state index in [4.69, 9.17) is 22.7 Å². The number of benzene rings is 1. The second kappa shape index (κ2) is 5.22. The molecule has 4 N–H and O–H groups in total. The van der Waals surface area contributed by atoms with Gasteiger partial charge in [0.05, 0.1) is 23.2 Å². The minimum absolute atomic E-state index is 0.110. The van der Waals surface area contributed by atoms with Crippen LogP contribution in [0.25, 0.3) is 0 Å². The predicted molar refractivity (Wildman–Crippen MR) is 73.0 cm³/mol. The molecule has 1 rings (SSSR count). The van der Waals surface area contributed by atoms with Gasteiger partial charge in [-0.15, -0.1) is 0 Å². The van der Waals surface area contributed by atoms with E-state index in [1.807, 2.05) is 0 Å². The molecule has 1 aromatic carbocycles. The van der Waals surface area contributed by atoms with E-state index in [9.17, 15) is 9.90 Å². The molecule has 18 heavy (non-hydrogen) atoms. The first-order chi connectivity index (χ1) is 8.27. The molecular weight excluding hydrogens is 252 g/mol. The van der Waals surface area contributed by atoms with E-state index in [1.165, 1.54) is 19.2 Å². The van der Waals surface area contributed by atoms with Crippen LogP contribution in [0.4, 0.5) is 0 Å². The summed E-state index contributed by atoms with van der Waals surface area (Å²) in [6, 6.07) is 4.40. The van der Waals surface area contributed by atoms with Crippen LogP contribution < -0.4 is 15.8 Å². The third-order valence-corrected chi connectivity index (χ3v) is 3.00. The Morgan fingerprint density at radius 1 is 1.50 bits per heavy atom. The van der Waals surface area contributed by atoms with Crippen molar-refractivity contribution in [2.75, 3.05) is 7.11 Å². The molecule has 1 amide bonds. The molecule has 0 aromatic heterocycles. The van der Waals surface area contributed by atoms with E-state index in [2.05, 4.69) is 5.32 Å². The van der Waals surface area contributed by atoms with Gasteiger partial charge in [-0.3, -0.25) is 4.79 Å². The SMILES string of the molecule is COc1ccc(O)c(C(=O)NC(C)(C)C(N)=S)c1. The first-order valence-corrected chi connectivity index (χ1v) is 5.68. The maximum atomic E-state index is 12.0. The Labute approximate surface area is 111 Å². The molecule has 0 heterocycles. The average molecular weight is 268 g/mol. The van der Waals surface area contributed by atoms with E-state index >= 15 is 0 Å². The maximum absolute atomic E-state index is 12.0. The fraction of sp³-hybridized carbons (Fsp3) is 0.333. The fourth-order valence-corrected chi connectivity index (χ4v) is 1.29. The highest BCUT2D eigenvalue weighted by Crippen LogP contribution is 2.23. The standard InChI is InChI=1S/C12H16N2O3S/c1-12(2,11(13)18)14-10(16)8-6-7(17-3)4-5-9(8)15/h4-6,15H,1-3H3,(H2,13,18)(H,14,16). The van der Waals surface area contributed by atoms with Crippen LogP contribution in [-0.2, 0) is 0 Å². The number of carbonyl (C=O) groups excluding carboxylic acids is 1. The number of ether oxygens (including phenoxy) is 1. The zero-order valence-corrected chi connectivity index (χ0v) is 11.3. The molecular formula is C12H16N2O3S. The average Bonchev–Trinajstić information content (AvgIpc) is 2.28. The summed E-state index contributed by atoms with van der Waals surface area (Å²) in [5.41, 5.74) is 4.80. The van der Waals surface area contributed by atoms with E-state index in [0.717, 1.165) is 0 Å². The summed E-state index contributed by atoms with van der Waals surface area (Å²) in [7, 11) is 1.48. The number of carbonyl (C=O) groups is 1. The maximum Gasteiger partial charge on any atom is 0.255 e. The number of rotatable bonds is 4. The lowest BCUT2D eigenvalue weighted by Gasteiger charge is -2.25. The number of aromatic hydroxyl groups is 1. The van der Waals surface area contributed by atoms with E-state index in [1.54, 1.807) is 19.9 Å². The van der Waals surface area contributed by atoms with Gasteiger partial charge in [0, 0.05) is 0 Å². The summed E-state index contributed by atoms with van der Waals surface area (Å²) in [5.74, 6) is -0.123. The molecule has 98 valence electrons. The first kappa shape index (κ1) is 14.2. The van der Waals surface area contributed by atoms with Crippen molar-refractivity contribution in [2.24, 2.45) is 5.73 Å². The quantitative estimate of drug-likeness (QED) is 0.714. The number of thiocarbonyl (C=S) groups is 1. The Hall–Kier alpha value is -1.82. The molecule has 0 spiro atoms. The number of nitrogens with one attached hydrogen (secondary N) is 1. The molecule has 0 radical (unpaired) electrons. The normalized spacial score (nSPS) is 10.8. The highest BCUT2D eigenvalue weighted by atomic mass is 32.1. The third-order valence-electron chi connectivity index (χ3n) is 2.49. The number of methoxy groups -OCH3 is 1. The summed E-state index contributed by atoms with van der Waals surface area (Å²) in [5, 5.41) is 12.3. The van der Waals surface area contributed by atoms with Crippen LogP contribution in [-0.4, -0.2) is 28.7 Å². The zero-order valence-electron chi connectivity index (χ0n) is 10.5. The predicted octanol–water partition coefficient (Wildman–Crippen LogP) is 1.20. The summed E-state index contributed by atoms with van der Waals surface area (Å²) >= 11 is 4.86. The van der Waals surface area contributed by atoms with Crippen molar-refractivity contribution in [3.8, 4) is 11.5 Å². The van der Waals surface area contributed by atoms with Gasteiger partial charge < -0.3 is 20.9 Å². The van der Waals surface area contributed by atoms with Crippen LogP contribution in [0.5, 0.6) is 11.5 Å². The Morgan fingerprint density at radius 2 is 2.11 bits per heavy atom. The van der Waals surface area contributed by atoms with Crippen molar-refractivity contribution < 1.29 is 14.6 Å². The van der Waals surface area contributed by atoms with Crippen molar-refractivity contribution in [1.82, 2.24) is 5.32 Å². The van der Waals surface area contributed by atoms with Gasteiger partial charge in [0.2, 0.25) is 0 Å². The minimum Gasteiger partial charge on any atom is -0.507 e. The molecule has 0 aliphatic carbocycles. The van der Waals surface area contributed by atoms with Gasteiger partial charge in [0.1, 0.15) is 11.5 Å². The molecule has 0 aliphatic rings. The molecule has 0 aliphatic heterocycles. The second-order valence-electron chi connectivity index (χ2n) is 4.33. The molecule has 0 unspecified atom stereocenters. The third kappa shape index (κ3) is 3.10. The van der Waals surface area contributed by atoms with Crippen molar-refractivity contribution in [3.05, 3.63) is 23.8 Å². The largest absolute Gasteiger partial charge is 0.507 e. The van der Waals surface area contributed by atoms with Crippen LogP contribution in [0.15, 0.2) is 18.2 Å². The van der Waals surface area contributed by atoms with Crippen LogP contribution in [0.2, 0.25) is 0 Å². The molecule has 0 saturated heterocycles. The molecule has 0 bridgehead atoms. The number of phenols is 1. The zero-order chi connectivity index (χ0) is 13.9. The van der Waals surface area contributed by atoms with E-state index < -0.39 is 11.4 Å². The van der Waals surface area contributed by atoms with Crippen molar-refractivity contribution in [1.29, 1.82) is 0 Å². The van der Waals surface area contributed by atoms with Crippen molar-refractivity contribution >= 4 is 23.1 Å².